The Morgan fingerprint density at radius 3 is 2.60 bits per heavy atom. The Kier molecular flexibility index (Phi) is 11.2. The maximum absolute atomic E-state index is 6.07. The normalized spacial score (nSPS) is 33.3. The van der Waals surface area contributed by atoms with Crippen molar-refractivity contribution < 1.29 is 4.74 Å². The van der Waals surface area contributed by atoms with Gasteiger partial charge < -0.3 is 4.74 Å². The maximum atomic E-state index is 6.07. The Hall–Kier alpha value is -1.69. The van der Waals surface area contributed by atoms with Crippen LogP contribution in [0.4, 0.5) is 0 Å². The van der Waals surface area contributed by atoms with Crippen LogP contribution in [0.3, 0.4) is 0 Å². The molecule has 6 rings (SSSR count). The molecule has 0 radical (unpaired) electrons. The van der Waals surface area contributed by atoms with E-state index in [1.807, 2.05) is 24.2 Å². The second kappa shape index (κ2) is 14.9. The van der Waals surface area contributed by atoms with Crippen LogP contribution in [0.2, 0.25) is 0 Å². The summed E-state index contributed by atoms with van der Waals surface area (Å²) in [4.78, 5) is 7.77. The second-order valence-electron chi connectivity index (χ2n) is 17.9. The number of rotatable bonds is 5. The van der Waals surface area contributed by atoms with Gasteiger partial charge in [-0.15, -0.1) is 5.10 Å². The molecule has 0 saturated carbocycles. The summed E-state index contributed by atoms with van der Waals surface area (Å²) in [6.07, 6.45) is 15.2. The molecule has 4 aliphatic heterocycles. The molecule has 2 aromatic heterocycles. The number of aromatic nitrogens is 3. The third-order valence-corrected chi connectivity index (χ3v) is 12.2. The van der Waals surface area contributed by atoms with Crippen LogP contribution in [0.15, 0.2) is 30.6 Å². The van der Waals surface area contributed by atoms with E-state index in [0.29, 0.717) is 30.0 Å². The molecule has 268 valence electrons. The molecule has 10 heteroatoms. The summed E-state index contributed by atoms with van der Waals surface area (Å²) in [5.41, 5.74) is 3.01. The highest BCUT2D eigenvalue weighted by Crippen LogP contribution is 2.41. The first-order chi connectivity index (χ1) is 22.7. The molecule has 4 aliphatic rings. The standard InChI is InChI=1S/C38H64N8OS/c1-36(2,3)18-21-47-33-17-20-46(44-33)32-15-13-27-24-40-48-34-11-9-10-31(42-34)41-29(30-22-28(16-19-39-30)37(4,5)6)14-12-26-23-38(7,8)45(25-26)35(27)43-32/h16-17,19-20,22,26-27,29,31-32,34-35,40-43H,9-15,18,21,23-25H2,1-8H3/t26-,27?,29+,31?,32?,34?,35?/m0/s1. The summed E-state index contributed by atoms with van der Waals surface area (Å²) in [6.45, 7) is 21.4. The number of nitrogens with one attached hydrogen (secondary N) is 4. The first-order valence-electron chi connectivity index (χ1n) is 18.8. The first-order valence-corrected chi connectivity index (χ1v) is 19.7. The van der Waals surface area contributed by atoms with Crippen molar-refractivity contribution in [3.8, 4) is 5.88 Å². The number of piperidine rings is 2. The number of pyridine rings is 1. The van der Waals surface area contributed by atoms with E-state index in [1.54, 1.807) is 0 Å². The Labute approximate surface area is 295 Å². The van der Waals surface area contributed by atoms with Crippen LogP contribution in [-0.4, -0.2) is 62.6 Å². The molecule has 4 N–H and O–H groups in total. The summed E-state index contributed by atoms with van der Waals surface area (Å²) < 4.78 is 12.0. The smallest absolute Gasteiger partial charge is 0.232 e. The Balaban J connectivity index is 1.20. The average Bonchev–Trinajstić information content (AvgIpc) is 3.61. The fourth-order valence-electron chi connectivity index (χ4n) is 8.29. The van der Waals surface area contributed by atoms with Gasteiger partial charge in [-0.1, -0.05) is 53.5 Å². The Morgan fingerprint density at radius 1 is 0.979 bits per heavy atom. The minimum Gasteiger partial charge on any atom is -0.477 e. The molecular weight excluding hydrogens is 617 g/mol. The Bertz CT molecular complexity index is 1330. The fourth-order valence-corrected chi connectivity index (χ4v) is 9.32. The van der Waals surface area contributed by atoms with Crippen LogP contribution in [-0.2, 0) is 5.41 Å². The zero-order valence-corrected chi connectivity index (χ0v) is 31.8. The van der Waals surface area contributed by atoms with Gasteiger partial charge in [0, 0.05) is 43.0 Å². The van der Waals surface area contributed by atoms with Gasteiger partial charge in [0.25, 0.3) is 0 Å². The highest BCUT2D eigenvalue weighted by molar-refractivity contribution is 7.98. The predicted octanol–water partition coefficient (Wildman–Crippen LogP) is 7.10. The SMILES string of the molecule is CC(C)(C)CCOc1ccn(C2CCC3CNSC4CCCC(N4)N[C@@H](c4cc(C(C)(C)C)ccn4)CC[C@@H]4CN(C3N2)C(C)(C)C4)n1. The van der Waals surface area contributed by atoms with E-state index < -0.39 is 0 Å². The number of hydrogen-bond donors (Lipinski definition) is 4. The highest BCUT2D eigenvalue weighted by Gasteiger charge is 2.46. The lowest BCUT2D eigenvalue weighted by atomic mass is 9.86. The van der Waals surface area contributed by atoms with Crippen molar-refractivity contribution in [2.75, 3.05) is 19.7 Å². The third-order valence-electron chi connectivity index (χ3n) is 11.2. The molecule has 6 heterocycles. The van der Waals surface area contributed by atoms with E-state index in [9.17, 15) is 0 Å². The molecule has 0 spiro atoms. The van der Waals surface area contributed by atoms with Gasteiger partial charge >= 0.3 is 0 Å². The molecule has 8 atom stereocenters. The summed E-state index contributed by atoms with van der Waals surface area (Å²) in [6, 6.07) is 6.81. The predicted molar refractivity (Wildman–Crippen MR) is 198 cm³/mol. The van der Waals surface area contributed by atoms with Gasteiger partial charge in [0.05, 0.1) is 36.0 Å². The molecule has 4 fully saturated rings. The molecule has 2 aromatic rings. The van der Waals surface area contributed by atoms with Crippen molar-refractivity contribution in [2.45, 2.75) is 154 Å². The van der Waals surface area contributed by atoms with E-state index >= 15 is 0 Å². The van der Waals surface area contributed by atoms with E-state index in [1.165, 1.54) is 36.9 Å². The molecule has 48 heavy (non-hydrogen) atoms. The van der Waals surface area contributed by atoms with Crippen molar-refractivity contribution in [1.82, 2.24) is 40.3 Å². The lowest BCUT2D eigenvalue weighted by Gasteiger charge is -2.47. The first kappa shape index (κ1) is 36.1. The van der Waals surface area contributed by atoms with Crippen molar-refractivity contribution >= 4 is 11.9 Å². The van der Waals surface area contributed by atoms with E-state index in [-0.39, 0.29) is 34.7 Å². The highest BCUT2D eigenvalue weighted by atomic mass is 32.2. The van der Waals surface area contributed by atoms with E-state index in [0.717, 1.165) is 51.1 Å². The average molecular weight is 681 g/mol. The van der Waals surface area contributed by atoms with Gasteiger partial charge in [-0.2, -0.15) is 0 Å². The minimum atomic E-state index is 0.0996. The number of nitrogens with zero attached hydrogens (tertiary/aromatic N) is 4. The largest absolute Gasteiger partial charge is 0.477 e. The molecule has 4 saturated heterocycles. The summed E-state index contributed by atoms with van der Waals surface area (Å²) in [7, 11) is 0. The van der Waals surface area contributed by atoms with Crippen LogP contribution >= 0.6 is 11.9 Å². The lowest BCUT2D eigenvalue weighted by Crippen LogP contribution is -2.60. The van der Waals surface area contributed by atoms with Gasteiger partial charge in [0.2, 0.25) is 5.88 Å². The van der Waals surface area contributed by atoms with E-state index in [4.69, 9.17) is 14.8 Å². The summed E-state index contributed by atoms with van der Waals surface area (Å²) in [5, 5.41) is 17.4. The fraction of sp³-hybridized carbons (Fsp3) is 0.789. The van der Waals surface area contributed by atoms with E-state index in [2.05, 4.69) is 104 Å². The molecule has 9 nitrogen and oxygen atoms in total. The molecule has 0 amide bonds. The van der Waals surface area contributed by atoms with Crippen molar-refractivity contribution in [3.63, 3.8) is 0 Å². The van der Waals surface area contributed by atoms with Crippen LogP contribution in [0.5, 0.6) is 5.88 Å². The Morgan fingerprint density at radius 2 is 1.81 bits per heavy atom. The van der Waals surface area contributed by atoms with Gasteiger partial charge in [0.1, 0.15) is 6.17 Å². The minimum absolute atomic E-state index is 0.0996. The third kappa shape index (κ3) is 9.15. The topological polar surface area (TPSA) is 91.3 Å². The zero-order valence-electron chi connectivity index (χ0n) is 31.0. The molecule has 0 aromatic carbocycles. The number of ether oxygens (including phenoxy) is 1. The van der Waals surface area contributed by atoms with Crippen molar-refractivity contribution in [2.24, 2.45) is 17.3 Å². The summed E-state index contributed by atoms with van der Waals surface area (Å²) >= 11 is 1.90. The zero-order chi connectivity index (χ0) is 34.1. The van der Waals surface area contributed by atoms with Gasteiger partial charge in [-0.25, -0.2) is 0 Å². The quantitative estimate of drug-likeness (QED) is 0.247. The van der Waals surface area contributed by atoms with Crippen molar-refractivity contribution in [3.05, 3.63) is 41.9 Å². The van der Waals surface area contributed by atoms with Crippen LogP contribution in [0, 0.1) is 17.3 Å². The van der Waals surface area contributed by atoms with Crippen molar-refractivity contribution in [1.29, 1.82) is 0 Å². The van der Waals surface area contributed by atoms with Crippen LogP contribution in [0.1, 0.15) is 137 Å². The van der Waals surface area contributed by atoms with Crippen LogP contribution < -0.4 is 25.4 Å². The number of hydrogen-bond acceptors (Lipinski definition) is 9. The lowest BCUT2D eigenvalue weighted by molar-refractivity contribution is 0.00919. The molecule has 6 unspecified atom stereocenters. The molecule has 4 bridgehead atoms. The maximum Gasteiger partial charge on any atom is 0.232 e. The molecule has 0 aliphatic carbocycles. The van der Waals surface area contributed by atoms with Gasteiger partial charge in [-0.3, -0.25) is 35.2 Å². The number of fused-ring (bicyclic) bond motifs is 6. The second-order valence-corrected chi connectivity index (χ2v) is 19.0. The summed E-state index contributed by atoms with van der Waals surface area (Å²) in [5.74, 6) is 1.89. The monoisotopic (exact) mass is 680 g/mol. The van der Waals surface area contributed by atoms with Gasteiger partial charge in [0.15, 0.2) is 0 Å². The molecular formula is C38H64N8OS. The van der Waals surface area contributed by atoms with Gasteiger partial charge in [-0.05, 0) is 106 Å². The van der Waals surface area contributed by atoms with Crippen LogP contribution in [0.25, 0.3) is 0 Å².